The fraction of sp³-hybridized carbons (Fsp3) is 0.750. The number of hydrogen-bond acceptors (Lipinski definition) is 2. The highest BCUT2D eigenvalue weighted by molar-refractivity contribution is 5.89. The number of carbonyl (C=O) groups is 1. The van der Waals surface area contributed by atoms with Crippen LogP contribution in [0, 0.1) is 23.7 Å². The summed E-state index contributed by atoms with van der Waals surface area (Å²) in [5.41, 5.74) is -0.429. The summed E-state index contributed by atoms with van der Waals surface area (Å²) in [5.74, 6) is 2.93. The fourth-order valence-electron chi connectivity index (χ4n) is 2.76. The average Bonchev–Trinajstić information content (AvgIpc) is 2.61. The van der Waals surface area contributed by atoms with E-state index in [1.807, 2.05) is 13.8 Å². The zero-order valence-corrected chi connectivity index (χ0v) is 8.75. The minimum Gasteiger partial charge on any atom is -0.373 e. The van der Waals surface area contributed by atoms with Gasteiger partial charge in [0.05, 0.1) is 17.6 Å². The highest BCUT2D eigenvalue weighted by Crippen LogP contribution is 2.46. The maximum atomic E-state index is 12.1. The second kappa shape index (κ2) is 3.10. The molecule has 2 saturated heterocycles. The van der Waals surface area contributed by atoms with Gasteiger partial charge in [0.1, 0.15) is 5.78 Å². The third kappa shape index (κ3) is 1.12. The molecule has 0 radical (unpaired) electrons. The van der Waals surface area contributed by atoms with E-state index < -0.39 is 5.41 Å². The van der Waals surface area contributed by atoms with Gasteiger partial charge >= 0.3 is 0 Å². The lowest BCUT2D eigenvalue weighted by Crippen LogP contribution is -2.49. The molecule has 4 atom stereocenters. The molecule has 2 fully saturated rings. The van der Waals surface area contributed by atoms with Gasteiger partial charge in [-0.1, -0.05) is 6.92 Å². The smallest absolute Gasteiger partial charge is 0.147 e. The topological polar surface area (TPSA) is 26.3 Å². The lowest BCUT2D eigenvalue weighted by molar-refractivity contribution is -0.158. The summed E-state index contributed by atoms with van der Waals surface area (Å²) in [6.07, 6.45) is 8.04. The molecule has 0 aliphatic carbocycles. The molecular formula is C12H16O2. The van der Waals surface area contributed by atoms with Crippen LogP contribution in [-0.4, -0.2) is 18.0 Å². The highest BCUT2D eigenvalue weighted by atomic mass is 16.5. The predicted molar refractivity (Wildman–Crippen MR) is 53.6 cm³/mol. The summed E-state index contributed by atoms with van der Waals surface area (Å²) in [4.78, 5) is 12.1. The Bertz CT molecular complexity index is 302. The summed E-state index contributed by atoms with van der Waals surface area (Å²) in [6.45, 7) is 3.92. The van der Waals surface area contributed by atoms with Crippen LogP contribution in [0.2, 0.25) is 0 Å². The standard InChI is InChI=1S/C12H16O2/c1-4-7-12(3)10-6-5-9(14-10)8(2)11(12)13/h1,8-10H,5-7H2,2-3H3/t8-,9+,10-,12-/m1/s1. The maximum Gasteiger partial charge on any atom is 0.147 e. The molecule has 2 rings (SSSR count). The summed E-state index contributed by atoms with van der Waals surface area (Å²) in [6, 6.07) is 0. The third-order valence-electron chi connectivity index (χ3n) is 3.77. The Kier molecular flexibility index (Phi) is 2.16. The first-order chi connectivity index (χ1) is 6.59. The molecule has 0 aromatic rings. The molecule has 0 aromatic heterocycles. The van der Waals surface area contributed by atoms with Gasteiger partial charge in [-0.2, -0.15) is 0 Å². The lowest BCUT2D eigenvalue weighted by Gasteiger charge is -2.39. The minimum absolute atomic E-state index is 0.0205. The molecule has 0 saturated carbocycles. The quantitative estimate of drug-likeness (QED) is 0.592. The van der Waals surface area contributed by atoms with E-state index in [4.69, 9.17) is 11.2 Å². The Morgan fingerprint density at radius 2 is 2.36 bits per heavy atom. The highest BCUT2D eigenvalue weighted by Gasteiger charge is 2.53. The number of ketones is 1. The molecule has 76 valence electrons. The van der Waals surface area contributed by atoms with Crippen LogP contribution in [0.15, 0.2) is 0 Å². The van der Waals surface area contributed by atoms with E-state index in [2.05, 4.69) is 5.92 Å². The van der Waals surface area contributed by atoms with Crippen LogP contribution in [0.4, 0.5) is 0 Å². The Morgan fingerprint density at radius 3 is 3.00 bits per heavy atom. The Morgan fingerprint density at radius 1 is 1.64 bits per heavy atom. The second-order valence-corrected chi connectivity index (χ2v) is 4.69. The maximum absolute atomic E-state index is 12.1. The lowest BCUT2D eigenvalue weighted by atomic mass is 9.72. The zero-order chi connectivity index (χ0) is 10.3. The summed E-state index contributed by atoms with van der Waals surface area (Å²) < 4.78 is 5.83. The molecule has 2 heterocycles. The van der Waals surface area contributed by atoms with Gasteiger partial charge in [0.15, 0.2) is 0 Å². The molecule has 0 spiro atoms. The van der Waals surface area contributed by atoms with Gasteiger partial charge in [-0.3, -0.25) is 4.79 Å². The largest absolute Gasteiger partial charge is 0.373 e. The first-order valence-corrected chi connectivity index (χ1v) is 5.23. The van der Waals surface area contributed by atoms with Crippen molar-refractivity contribution in [2.75, 3.05) is 0 Å². The average molecular weight is 192 g/mol. The van der Waals surface area contributed by atoms with Crippen molar-refractivity contribution in [3.8, 4) is 12.3 Å². The number of hydrogen-bond donors (Lipinski definition) is 0. The van der Waals surface area contributed by atoms with E-state index in [0.29, 0.717) is 12.2 Å². The molecule has 0 amide bonds. The van der Waals surface area contributed by atoms with Crippen LogP contribution in [0.3, 0.4) is 0 Å². The van der Waals surface area contributed by atoms with Crippen molar-refractivity contribution in [1.82, 2.24) is 0 Å². The number of terminal acetylenes is 1. The zero-order valence-electron chi connectivity index (χ0n) is 8.75. The van der Waals surface area contributed by atoms with Crippen molar-refractivity contribution in [2.45, 2.75) is 45.3 Å². The van der Waals surface area contributed by atoms with E-state index >= 15 is 0 Å². The van der Waals surface area contributed by atoms with E-state index in [-0.39, 0.29) is 18.1 Å². The monoisotopic (exact) mass is 192 g/mol. The van der Waals surface area contributed by atoms with Gasteiger partial charge in [-0.05, 0) is 19.8 Å². The van der Waals surface area contributed by atoms with Gasteiger partial charge < -0.3 is 4.74 Å². The normalized spacial score (nSPS) is 46.4. The Hall–Kier alpha value is -0.810. The SMILES string of the molecule is C#CC[C@@]1(C)C(=O)[C@H](C)[C@@H]2CC[C@H]1O2. The summed E-state index contributed by atoms with van der Waals surface area (Å²) in [5, 5.41) is 0. The molecule has 0 N–H and O–H groups in total. The van der Waals surface area contributed by atoms with Crippen molar-refractivity contribution in [3.63, 3.8) is 0 Å². The van der Waals surface area contributed by atoms with Crippen molar-refractivity contribution < 1.29 is 9.53 Å². The number of rotatable bonds is 1. The van der Waals surface area contributed by atoms with Gasteiger partial charge in [-0.25, -0.2) is 0 Å². The first kappa shape index (κ1) is 9.73. The third-order valence-corrected chi connectivity index (χ3v) is 3.77. The van der Waals surface area contributed by atoms with Crippen molar-refractivity contribution in [1.29, 1.82) is 0 Å². The van der Waals surface area contributed by atoms with E-state index in [0.717, 1.165) is 12.8 Å². The van der Waals surface area contributed by atoms with Gasteiger partial charge in [-0.15, -0.1) is 12.3 Å². The minimum atomic E-state index is -0.429. The Labute approximate surface area is 85.0 Å². The van der Waals surface area contributed by atoms with Crippen LogP contribution in [0.5, 0.6) is 0 Å². The van der Waals surface area contributed by atoms with Gasteiger partial charge in [0.2, 0.25) is 0 Å². The number of fused-ring (bicyclic) bond motifs is 2. The molecule has 0 unspecified atom stereocenters. The second-order valence-electron chi connectivity index (χ2n) is 4.69. The number of Topliss-reactive ketones (excluding diaryl/α,β-unsaturated/α-hetero) is 1. The van der Waals surface area contributed by atoms with E-state index in [1.54, 1.807) is 0 Å². The number of carbonyl (C=O) groups excluding carboxylic acids is 1. The van der Waals surface area contributed by atoms with E-state index in [1.165, 1.54) is 0 Å². The Balaban J connectivity index is 2.32. The van der Waals surface area contributed by atoms with Crippen LogP contribution in [-0.2, 0) is 9.53 Å². The summed E-state index contributed by atoms with van der Waals surface area (Å²) >= 11 is 0. The molecule has 2 nitrogen and oxygen atoms in total. The van der Waals surface area contributed by atoms with Crippen molar-refractivity contribution in [3.05, 3.63) is 0 Å². The van der Waals surface area contributed by atoms with Crippen molar-refractivity contribution >= 4 is 5.78 Å². The van der Waals surface area contributed by atoms with E-state index in [9.17, 15) is 4.79 Å². The first-order valence-electron chi connectivity index (χ1n) is 5.23. The summed E-state index contributed by atoms with van der Waals surface area (Å²) in [7, 11) is 0. The molecule has 2 bridgehead atoms. The fourth-order valence-corrected chi connectivity index (χ4v) is 2.76. The van der Waals surface area contributed by atoms with Crippen LogP contribution in [0.25, 0.3) is 0 Å². The predicted octanol–water partition coefficient (Wildman–Crippen LogP) is 1.78. The van der Waals surface area contributed by atoms with Crippen molar-refractivity contribution in [2.24, 2.45) is 11.3 Å². The van der Waals surface area contributed by atoms with Gasteiger partial charge in [0.25, 0.3) is 0 Å². The van der Waals surface area contributed by atoms with Gasteiger partial charge in [0, 0.05) is 12.3 Å². The van der Waals surface area contributed by atoms with Crippen LogP contribution in [0.1, 0.15) is 33.1 Å². The molecular weight excluding hydrogens is 176 g/mol. The molecule has 0 aromatic carbocycles. The van der Waals surface area contributed by atoms with Crippen LogP contribution < -0.4 is 0 Å². The molecule has 14 heavy (non-hydrogen) atoms. The van der Waals surface area contributed by atoms with Crippen LogP contribution >= 0.6 is 0 Å². The molecule has 2 aliphatic rings. The molecule has 2 aliphatic heterocycles. The molecule has 2 heteroatoms. The number of ether oxygens (including phenoxy) is 1.